The molecule has 4 aromatic rings. The maximum atomic E-state index is 12.6. The Balaban J connectivity index is 1.63. The zero-order valence-electron chi connectivity index (χ0n) is 14.5. The molecule has 0 saturated heterocycles. The summed E-state index contributed by atoms with van der Waals surface area (Å²) in [5.74, 6) is 0.244. The van der Waals surface area contributed by atoms with Gasteiger partial charge in [-0.25, -0.2) is 13.6 Å². The van der Waals surface area contributed by atoms with Crippen LogP contribution in [-0.4, -0.2) is 19.5 Å². The van der Waals surface area contributed by atoms with Gasteiger partial charge < -0.3 is 9.84 Å². The fourth-order valence-corrected chi connectivity index (χ4v) is 3.33. The van der Waals surface area contributed by atoms with Crippen LogP contribution in [0.15, 0.2) is 82.2 Å². The van der Waals surface area contributed by atoms with Crippen LogP contribution in [0.3, 0.4) is 0 Å². The Kier molecular flexibility index (Phi) is 4.42. The molecule has 0 bridgehead atoms. The minimum absolute atomic E-state index is 0.0242. The topological polar surface area (TPSA) is 115 Å². The molecular formula is C20H15N3O4S. The fourth-order valence-electron chi connectivity index (χ4n) is 2.81. The van der Waals surface area contributed by atoms with E-state index < -0.39 is 10.0 Å². The highest BCUT2D eigenvalue weighted by Gasteiger charge is 2.14. The molecule has 0 fully saturated rings. The van der Waals surface area contributed by atoms with Crippen molar-refractivity contribution in [1.29, 1.82) is 0 Å². The number of nitrogens with one attached hydrogen (secondary N) is 1. The second kappa shape index (κ2) is 6.91. The van der Waals surface area contributed by atoms with Crippen LogP contribution in [-0.2, 0) is 10.0 Å². The average molecular weight is 393 g/mol. The number of sulfonamides is 1. The van der Waals surface area contributed by atoms with Crippen molar-refractivity contribution in [3.8, 4) is 11.3 Å². The molecule has 1 heterocycles. The Morgan fingerprint density at radius 1 is 0.964 bits per heavy atom. The quantitative estimate of drug-likeness (QED) is 0.551. The Bertz CT molecular complexity index is 1260. The van der Waals surface area contributed by atoms with E-state index in [4.69, 9.17) is 9.66 Å². The molecule has 0 atom stereocenters. The number of amides is 1. The van der Waals surface area contributed by atoms with Crippen LogP contribution in [0, 0.1) is 0 Å². The number of benzene rings is 3. The third kappa shape index (κ3) is 3.51. The number of primary sulfonamides is 1. The highest BCUT2D eigenvalue weighted by atomic mass is 32.2. The second-order valence-corrected chi connectivity index (χ2v) is 7.69. The maximum absolute atomic E-state index is 12.6. The lowest BCUT2D eigenvalue weighted by molar-refractivity contribution is 0.102. The zero-order valence-corrected chi connectivity index (χ0v) is 15.3. The molecule has 8 heteroatoms. The predicted octanol–water partition coefficient (Wildman–Crippen LogP) is 3.39. The minimum atomic E-state index is -3.78. The van der Waals surface area contributed by atoms with Gasteiger partial charge in [0.1, 0.15) is 5.52 Å². The van der Waals surface area contributed by atoms with Crippen LogP contribution in [0.5, 0.6) is 0 Å². The van der Waals surface area contributed by atoms with Gasteiger partial charge in [0.05, 0.1) is 10.3 Å². The highest BCUT2D eigenvalue weighted by molar-refractivity contribution is 7.89. The first kappa shape index (κ1) is 17.9. The summed E-state index contributed by atoms with van der Waals surface area (Å²) >= 11 is 0. The van der Waals surface area contributed by atoms with Gasteiger partial charge in [-0.05, 0) is 42.5 Å². The molecule has 4 rings (SSSR count). The number of hydrogen-bond donors (Lipinski definition) is 2. The molecule has 0 radical (unpaired) electrons. The molecule has 0 unspecified atom stereocenters. The monoisotopic (exact) mass is 393 g/mol. The number of nitrogens with zero attached hydrogens (tertiary/aromatic N) is 1. The van der Waals surface area contributed by atoms with E-state index in [1.165, 1.54) is 24.3 Å². The number of carbonyl (C=O) groups is 1. The number of hydrogen-bond acceptors (Lipinski definition) is 5. The minimum Gasteiger partial charge on any atom is -0.355 e. The number of anilines is 1. The first-order valence-corrected chi connectivity index (χ1v) is 9.85. The molecule has 0 aliphatic rings. The summed E-state index contributed by atoms with van der Waals surface area (Å²) in [6.45, 7) is 0. The number of carbonyl (C=O) groups excluding carboxylic acids is 1. The van der Waals surface area contributed by atoms with Crippen LogP contribution < -0.4 is 10.5 Å². The lowest BCUT2D eigenvalue weighted by Gasteiger charge is -2.06. The van der Waals surface area contributed by atoms with Gasteiger partial charge in [0.2, 0.25) is 10.0 Å². The second-order valence-electron chi connectivity index (χ2n) is 6.13. The summed E-state index contributed by atoms with van der Waals surface area (Å²) in [7, 11) is -3.78. The SMILES string of the molecule is NS(=O)(=O)c1ccc(NC(=O)c2ccc3noc(-c4ccccc4)c3c2)cc1. The van der Waals surface area contributed by atoms with Gasteiger partial charge in [-0.15, -0.1) is 0 Å². The smallest absolute Gasteiger partial charge is 0.255 e. The van der Waals surface area contributed by atoms with Gasteiger partial charge in [0.15, 0.2) is 5.76 Å². The Morgan fingerprint density at radius 2 is 1.68 bits per heavy atom. The molecule has 0 saturated carbocycles. The molecule has 0 spiro atoms. The van der Waals surface area contributed by atoms with E-state index >= 15 is 0 Å². The van der Waals surface area contributed by atoms with Crippen LogP contribution >= 0.6 is 0 Å². The van der Waals surface area contributed by atoms with E-state index in [2.05, 4.69) is 10.5 Å². The van der Waals surface area contributed by atoms with Crippen LogP contribution in [0.4, 0.5) is 5.69 Å². The molecule has 28 heavy (non-hydrogen) atoms. The molecule has 0 aliphatic carbocycles. The number of aromatic nitrogens is 1. The predicted molar refractivity (Wildman–Crippen MR) is 105 cm³/mol. The summed E-state index contributed by atoms with van der Waals surface area (Å²) in [5, 5.41) is 12.6. The number of rotatable bonds is 4. The Hall–Kier alpha value is -3.49. The summed E-state index contributed by atoms with van der Waals surface area (Å²) in [5.41, 5.74) is 2.38. The van der Waals surface area contributed by atoms with Gasteiger partial charge in [0.25, 0.3) is 5.91 Å². The molecule has 3 N–H and O–H groups in total. The van der Waals surface area contributed by atoms with Crippen LogP contribution in [0.1, 0.15) is 10.4 Å². The maximum Gasteiger partial charge on any atom is 0.255 e. The van der Waals surface area contributed by atoms with Gasteiger partial charge >= 0.3 is 0 Å². The molecule has 140 valence electrons. The van der Waals surface area contributed by atoms with E-state index in [0.717, 1.165) is 10.9 Å². The summed E-state index contributed by atoms with van der Waals surface area (Å²) in [6.07, 6.45) is 0. The van der Waals surface area contributed by atoms with E-state index in [1.54, 1.807) is 18.2 Å². The molecular weight excluding hydrogens is 378 g/mol. The fraction of sp³-hybridized carbons (Fsp3) is 0. The van der Waals surface area contributed by atoms with Crippen molar-refractivity contribution in [2.45, 2.75) is 4.90 Å². The Labute approximate surface area is 160 Å². The summed E-state index contributed by atoms with van der Waals surface area (Å²) < 4.78 is 28.1. The van der Waals surface area contributed by atoms with E-state index in [9.17, 15) is 13.2 Å². The average Bonchev–Trinajstić information content (AvgIpc) is 3.11. The molecule has 0 aliphatic heterocycles. The number of fused-ring (bicyclic) bond motifs is 1. The van der Waals surface area contributed by atoms with Crippen molar-refractivity contribution in [1.82, 2.24) is 5.16 Å². The molecule has 1 aromatic heterocycles. The van der Waals surface area contributed by atoms with Crippen molar-refractivity contribution in [2.24, 2.45) is 5.14 Å². The third-order valence-electron chi connectivity index (χ3n) is 4.22. The van der Waals surface area contributed by atoms with Crippen molar-refractivity contribution >= 4 is 32.5 Å². The standard InChI is InChI=1S/C20H15N3O4S/c21-28(25,26)16-9-7-15(8-10-16)22-20(24)14-6-11-18-17(12-14)19(27-23-18)13-4-2-1-3-5-13/h1-12H,(H,22,24)(H2,21,25,26). The van der Waals surface area contributed by atoms with Crippen molar-refractivity contribution in [2.75, 3.05) is 5.32 Å². The first-order chi connectivity index (χ1) is 13.4. The number of nitrogens with two attached hydrogens (primary N) is 1. The van der Waals surface area contributed by atoms with E-state index in [0.29, 0.717) is 22.5 Å². The molecule has 7 nitrogen and oxygen atoms in total. The third-order valence-corrected chi connectivity index (χ3v) is 5.14. The lowest BCUT2D eigenvalue weighted by atomic mass is 10.1. The van der Waals surface area contributed by atoms with Crippen molar-refractivity contribution in [3.63, 3.8) is 0 Å². The molecule has 3 aromatic carbocycles. The van der Waals surface area contributed by atoms with Crippen molar-refractivity contribution < 1.29 is 17.7 Å². The van der Waals surface area contributed by atoms with E-state index in [1.807, 2.05) is 30.3 Å². The first-order valence-electron chi connectivity index (χ1n) is 8.31. The van der Waals surface area contributed by atoms with Gasteiger partial charge in [-0.3, -0.25) is 4.79 Å². The van der Waals surface area contributed by atoms with E-state index in [-0.39, 0.29) is 10.8 Å². The van der Waals surface area contributed by atoms with Gasteiger partial charge in [-0.2, -0.15) is 0 Å². The van der Waals surface area contributed by atoms with Gasteiger partial charge in [-0.1, -0.05) is 35.5 Å². The largest absolute Gasteiger partial charge is 0.355 e. The van der Waals surface area contributed by atoms with Crippen molar-refractivity contribution in [3.05, 3.63) is 78.4 Å². The highest BCUT2D eigenvalue weighted by Crippen LogP contribution is 2.29. The van der Waals surface area contributed by atoms with Crippen LogP contribution in [0.25, 0.3) is 22.2 Å². The van der Waals surface area contributed by atoms with Gasteiger partial charge in [0, 0.05) is 16.8 Å². The lowest BCUT2D eigenvalue weighted by Crippen LogP contribution is -2.13. The summed E-state index contributed by atoms with van der Waals surface area (Å²) in [4.78, 5) is 12.6. The summed E-state index contributed by atoms with van der Waals surface area (Å²) in [6, 6.07) is 20.2. The molecule has 1 amide bonds. The van der Waals surface area contributed by atoms with Crippen LogP contribution in [0.2, 0.25) is 0 Å². The Morgan fingerprint density at radius 3 is 2.36 bits per heavy atom. The zero-order chi connectivity index (χ0) is 19.7. The normalized spacial score (nSPS) is 11.5.